The van der Waals surface area contributed by atoms with Gasteiger partial charge in [-0.3, -0.25) is 0 Å². The van der Waals surface area contributed by atoms with Crippen molar-refractivity contribution in [2.45, 2.75) is 0 Å². The average molecular weight is 336 g/mol. The Bertz CT molecular complexity index is 708. The van der Waals surface area contributed by atoms with Crippen molar-refractivity contribution in [3.05, 3.63) is 66.3 Å². The monoisotopic (exact) mass is 335 g/mol. The molecule has 0 amide bonds. The zero-order valence-electron chi connectivity index (χ0n) is 12.9. The molecule has 0 N–H and O–H groups in total. The number of halogens is 1. The zero-order chi connectivity index (χ0) is 17.3. The van der Waals surface area contributed by atoms with Crippen LogP contribution in [0.15, 0.2) is 60.7 Å². The van der Waals surface area contributed by atoms with E-state index in [1.54, 1.807) is 0 Å². The van der Waals surface area contributed by atoms with E-state index in [9.17, 15) is 0 Å². The fourth-order valence-electron chi connectivity index (χ4n) is 1.76. The van der Waals surface area contributed by atoms with Gasteiger partial charge in [0.05, 0.1) is 0 Å². The zero-order valence-corrected chi connectivity index (χ0v) is 13.6. The molecule has 122 valence electrons. The van der Waals surface area contributed by atoms with Gasteiger partial charge in [0, 0.05) is 6.08 Å². The summed E-state index contributed by atoms with van der Waals surface area (Å²) >= 11 is 0. The highest BCUT2D eigenvalue weighted by atomic mass is 35.7. The molecule has 0 aliphatic carbocycles. The molecule has 2 rings (SSSR count). The molecule has 6 heteroatoms. The molecule has 2 aromatic carbocycles. The molecule has 0 saturated heterocycles. The van der Waals surface area contributed by atoms with Gasteiger partial charge in [-0.15, -0.1) is 10.2 Å². The van der Waals surface area contributed by atoms with E-state index in [0.29, 0.717) is 0 Å². The van der Waals surface area contributed by atoms with Gasteiger partial charge in [0.15, 0.2) is 6.21 Å². The summed E-state index contributed by atoms with van der Waals surface area (Å²) in [6, 6.07) is 14.9. The number of nitrogens with zero attached hydrogens (tertiary/aromatic N) is 1. The van der Waals surface area contributed by atoms with Crippen LogP contribution in [-0.4, -0.2) is 24.9 Å². The first kappa shape index (κ1) is 19.0. The van der Waals surface area contributed by atoms with Gasteiger partial charge in [-0.2, -0.15) is 0 Å². The van der Waals surface area contributed by atoms with Crippen molar-refractivity contribution in [2.24, 2.45) is 0 Å². The summed E-state index contributed by atoms with van der Waals surface area (Å²) in [5, 5.41) is 2.56. The molecular weight excluding hydrogens is 318 g/mol. The Balaban J connectivity index is 0.000000463. The van der Waals surface area contributed by atoms with E-state index in [2.05, 4.69) is 54.6 Å². The highest BCUT2D eigenvalue weighted by Gasteiger charge is 1.91. The first-order valence-electron chi connectivity index (χ1n) is 6.71. The normalized spacial score (nSPS) is 11.6. The van der Waals surface area contributed by atoms with Crippen molar-refractivity contribution in [3.63, 3.8) is 0 Å². The maximum absolute atomic E-state index is 8.49. The van der Waals surface area contributed by atoms with Crippen molar-refractivity contribution < 1.29 is 33.5 Å². The Morgan fingerprint density at radius 1 is 0.826 bits per heavy atom. The molecule has 0 saturated carbocycles. The van der Waals surface area contributed by atoms with E-state index < -0.39 is 10.2 Å². The number of benzene rings is 2. The summed E-state index contributed by atoms with van der Waals surface area (Å²) in [6.07, 6.45) is 10.3. The minimum absolute atomic E-state index is 1.23. The Morgan fingerprint density at radius 2 is 1.43 bits per heavy atom. The number of hydrogen-bond donors (Lipinski definition) is 0. The van der Waals surface area contributed by atoms with Gasteiger partial charge >= 0.3 is 0 Å². The second kappa shape index (κ2) is 9.19. The van der Waals surface area contributed by atoms with Crippen molar-refractivity contribution in [1.29, 1.82) is 0 Å². The molecule has 0 bridgehead atoms. The van der Waals surface area contributed by atoms with Gasteiger partial charge in [0.1, 0.15) is 14.1 Å². The largest absolute Gasteiger partial charge is 0.241 e. The van der Waals surface area contributed by atoms with Gasteiger partial charge in [0.2, 0.25) is 0 Å². The minimum atomic E-state index is -4.94. The highest BCUT2D eigenvalue weighted by Crippen LogP contribution is 2.16. The third kappa shape index (κ3) is 9.57. The Kier molecular flexibility index (Phi) is 7.61. The quantitative estimate of drug-likeness (QED) is 0.408. The predicted molar refractivity (Wildman–Crippen MR) is 80.3 cm³/mol. The van der Waals surface area contributed by atoms with Crippen LogP contribution in [0.3, 0.4) is 0 Å². The van der Waals surface area contributed by atoms with Crippen LogP contribution in [0.2, 0.25) is 0 Å². The first-order chi connectivity index (χ1) is 10.8. The van der Waals surface area contributed by atoms with Gasteiger partial charge in [0.25, 0.3) is 0 Å². The van der Waals surface area contributed by atoms with E-state index in [-0.39, 0.29) is 0 Å². The van der Waals surface area contributed by atoms with Crippen molar-refractivity contribution in [2.75, 3.05) is 14.1 Å². The second-order valence-electron chi connectivity index (χ2n) is 4.84. The van der Waals surface area contributed by atoms with Crippen LogP contribution in [0.5, 0.6) is 0 Å². The second-order valence-corrected chi connectivity index (χ2v) is 5.60. The van der Waals surface area contributed by atoms with Crippen LogP contribution < -0.4 is 18.6 Å². The Morgan fingerprint density at radius 3 is 2.04 bits per heavy atom. The van der Waals surface area contributed by atoms with E-state index >= 15 is 0 Å². The van der Waals surface area contributed by atoms with Gasteiger partial charge in [-0.05, 0) is 22.4 Å². The summed E-state index contributed by atoms with van der Waals surface area (Å²) in [7, 11) is -0.922. The fraction of sp³-hybridized carbons (Fsp3) is 0.118. The SMILES string of the molecule is C[N+](C)=C/C=C/C=C/c1ccc2ccccc2c1.[O-][Cl+3]([O-])([O-])[O-]. The molecule has 0 aromatic heterocycles. The highest BCUT2D eigenvalue weighted by molar-refractivity contribution is 5.84. The standard InChI is InChI=1S/C17H18N.ClHO4/c1-18(2)13-7-3-4-8-15-11-12-16-9-5-6-10-17(16)14-15;2-1(3,4)5/h3-14H,1-2H3;(H,2,3,4,5)/q+1;/p-1/b7-3+,8-4+;. The van der Waals surface area contributed by atoms with E-state index in [0.717, 1.165) is 0 Å². The average Bonchev–Trinajstić information content (AvgIpc) is 2.44. The van der Waals surface area contributed by atoms with Crippen LogP contribution in [0.4, 0.5) is 0 Å². The van der Waals surface area contributed by atoms with Crippen molar-refractivity contribution in [1.82, 2.24) is 0 Å². The smallest absolute Gasteiger partial charge is 0.162 e. The molecule has 0 aliphatic heterocycles. The molecule has 0 aliphatic rings. The summed E-state index contributed by atoms with van der Waals surface area (Å²) in [5.41, 5.74) is 1.23. The lowest BCUT2D eigenvalue weighted by molar-refractivity contribution is -2.00. The maximum atomic E-state index is 8.49. The lowest BCUT2D eigenvalue weighted by atomic mass is 10.1. The summed E-state index contributed by atoms with van der Waals surface area (Å²) in [5.74, 6) is 0. The van der Waals surface area contributed by atoms with Crippen LogP contribution in [0, 0.1) is 10.2 Å². The third-order valence-corrected chi connectivity index (χ3v) is 2.67. The Labute approximate surface area is 137 Å². The van der Waals surface area contributed by atoms with Crippen LogP contribution in [0.1, 0.15) is 5.56 Å². The lowest BCUT2D eigenvalue weighted by Crippen LogP contribution is -2.68. The molecule has 0 atom stereocenters. The molecule has 0 fully saturated rings. The van der Waals surface area contributed by atoms with Crippen LogP contribution >= 0.6 is 0 Å². The predicted octanol–water partition coefficient (Wildman–Crippen LogP) is -1.00. The summed E-state index contributed by atoms with van der Waals surface area (Å²) in [4.78, 5) is 0. The summed E-state index contributed by atoms with van der Waals surface area (Å²) < 4.78 is 36.0. The van der Waals surface area contributed by atoms with Gasteiger partial charge < -0.3 is 0 Å². The van der Waals surface area contributed by atoms with Crippen molar-refractivity contribution >= 4 is 23.1 Å². The van der Waals surface area contributed by atoms with Crippen LogP contribution in [-0.2, 0) is 0 Å². The topological polar surface area (TPSA) is 95.2 Å². The fourth-order valence-corrected chi connectivity index (χ4v) is 1.76. The summed E-state index contributed by atoms with van der Waals surface area (Å²) in [6.45, 7) is 0. The van der Waals surface area contributed by atoms with Gasteiger partial charge in [-0.25, -0.2) is 23.2 Å². The Hall–Kier alpha value is -2.02. The molecule has 0 heterocycles. The van der Waals surface area contributed by atoms with E-state index in [1.807, 2.05) is 37.0 Å². The van der Waals surface area contributed by atoms with E-state index in [1.165, 1.54) is 16.3 Å². The molecule has 23 heavy (non-hydrogen) atoms. The maximum Gasteiger partial charge on any atom is 0.162 e. The molecular formula is C17H18ClNO4. The minimum Gasteiger partial charge on any atom is -0.241 e. The first-order valence-corrected chi connectivity index (χ1v) is 7.94. The number of hydrogen-bond acceptors (Lipinski definition) is 4. The molecule has 0 unspecified atom stereocenters. The number of rotatable bonds is 3. The van der Waals surface area contributed by atoms with Gasteiger partial charge in [-0.1, -0.05) is 54.6 Å². The van der Waals surface area contributed by atoms with Crippen molar-refractivity contribution in [3.8, 4) is 0 Å². The molecule has 2 aromatic rings. The molecule has 0 spiro atoms. The third-order valence-electron chi connectivity index (χ3n) is 2.67. The molecule has 0 radical (unpaired) electrons. The molecule has 5 nitrogen and oxygen atoms in total. The van der Waals surface area contributed by atoms with Crippen LogP contribution in [0.25, 0.3) is 16.8 Å². The van der Waals surface area contributed by atoms with E-state index in [4.69, 9.17) is 18.6 Å². The number of allylic oxidation sites excluding steroid dienone is 3. The number of fused-ring (bicyclic) bond motifs is 1. The lowest BCUT2D eigenvalue weighted by Gasteiger charge is -2.17.